The topological polar surface area (TPSA) is 40.7 Å². The molecule has 0 amide bonds. The number of halogens is 1. The number of rotatable bonds is 3. The normalized spacial score (nSPS) is 10.4. The molecule has 0 bridgehead atoms. The standard InChI is InChI=1S/C12H14FN3/c1-8-3-4-10(13)5-11(8)14-7-12-15-6-9(2)16-12/h3-6,14H,7H2,1-2H3,(H,15,16). The van der Waals surface area contributed by atoms with Crippen molar-refractivity contribution in [3.05, 3.63) is 47.3 Å². The highest BCUT2D eigenvalue weighted by atomic mass is 19.1. The van der Waals surface area contributed by atoms with Crippen molar-refractivity contribution in [2.24, 2.45) is 0 Å². The summed E-state index contributed by atoms with van der Waals surface area (Å²) in [6.07, 6.45) is 1.77. The third-order valence-corrected chi connectivity index (χ3v) is 2.40. The van der Waals surface area contributed by atoms with Gasteiger partial charge in [-0.25, -0.2) is 9.37 Å². The number of imidazole rings is 1. The molecule has 0 spiro atoms. The zero-order valence-corrected chi connectivity index (χ0v) is 9.34. The van der Waals surface area contributed by atoms with E-state index in [9.17, 15) is 4.39 Å². The van der Waals surface area contributed by atoms with Gasteiger partial charge < -0.3 is 10.3 Å². The minimum absolute atomic E-state index is 0.233. The van der Waals surface area contributed by atoms with Gasteiger partial charge in [0, 0.05) is 17.6 Å². The van der Waals surface area contributed by atoms with Gasteiger partial charge in [-0.1, -0.05) is 6.07 Å². The molecule has 16 heavy (non-hydrogen) atoms. The summed E-state index contributed by atoms with van der Waals surface area (Å²) in [7, 11) is 0. The highest BCUT2D eigenvalue weighted by molar-refractivity contribution is 5.50. The number of aromatic nitrogens is 2. The average molecular weight is 219 g/mol. The maximum absolute atomic E-state index is 13.0. The van der Waals surface area contributed by atoms with E-state index in [2.05, 4.69) is 15.3 Å². The molecular weight excluding hydrogens is 205 g/mol. The van der Waals surface area contributed by atoms with Crippen molar-refractivity contribution in [1.29, 1.82) is 0 Å². The van der Waals surface area contributed by atoms with Gasteiger partial charge >= 0.3 is 0 Å². The Morgan fingerprint density at radius 1 is 1.38 bits per heavy atom. The van der Waals surface area contributed by atoms with Gasteiger partial charge in [0.2, 0.25) is 0 Å². The quantitative estimate of drug-likeness (QED) is 0.833. The zero-order chi connectivity index (χ0) is 11.5. The third kappa shape index (κ3) is 2.39. The molecule has 0 unspecified atom stereocenters. The lowest BCUT2D eigenvalue weighted by atomic mass is 10.2. The fraction of sp³-hybridized carbons (Fsp3) is 0.250. The summed E-state index contributed by atoms with van der Waals surface area (Å²) in [5.74, 6) is 0.616. The molecule has 0 saturated carbocycles. The van der Waals surface area contributed by atoms with E-state index in [1.54, 1.807) is 12.3 Å². The Kier molecular flexibility index (Phi) is 2.90. The van der Waals surface area contributed by atoms with Gasteiger partial charge in [0.15, 0.2) is 0 Å². The van der Waals surface area contributed by atoms with E-state index in [0.717, 1.165) is 22.8 Å². The van der Waals surface area contributed by atoms with E-state index in [4.69, 9.17) is 0 Å². The number of nitrogens with zero attached hydrogens (tertiary/aromatic N) is 1. The second-order valence-corrected chi connectivity index (χ2v) is 3.83. The van der Waals surface area contributed by atoms with Gasteiger partial charge in [0.05, 0.1) is 6.54 Å². The lowest BCUT2D eigenvalue weighted by Crippen LogP contribution is -2.03. The van der Waals surface area contributed by atoms with Crippen molar-refractivity contribution in [1.82, 2.24) is 9.97 Å². The molecule has 1 aromatic heterocycles. The molecule has 0 radical (unpaired) electrons. The molecule has 0 fully saturated rings. The van der Waals surface area contributed by atoms with E-state index in [1.807, 2.05) is 13.8 Å². The number of aryl methyl sites for hydroxylation is 2. The van der Waals surface area contributed by atoms with Gasteiger partial charge in [-0.05, 0) is 31.5 Å². The van der Waals surface area contributed by atoms with Crippen LogP contribution in [0.4, 0.5) is 10.1 Å². The summed E-state index contributed by atoms with van der Waals surface area (Å²) < 4.78 is 13.0. The Morgan fingerprint density at radius 2 is 2.19 bits per heavy atom. The number of H-pyrrole nitrogens is 1. The molecule has 0 atom stereocenters. The first-order valence-corrected chi connectivity index (χ1v) is 5.15. The van der Waals surface area contributed by atoms with Crippen LogP contribution in [-0.4, -0.2) is 9.97 Å². The average Bonchev–Trinajstić information content (AvgIpc) is 2.66. The number of hydrogen-bond acceptors (Lipinski definition) is 2. The van der Waals surface area contributed by atoms with Gasteiger partial charge in [0.25, 0.3) is 0 Å². The first kappa shape index (κ1) is 10.7. The van der Waals surface area contributed by atoms with E-state index >= 15 is 0 Å². The van der Waals surface area contributed by atoms with Gasteiger partial charge in [-0.2, -0.15) is 0 Å². The molecule has 4 heteroatoms. The van der Waals surface area contributed by atoms with Crippen molar-refractivity contribution in [3.8, 4) is 0 Å². The Morgan fingerprint density at radius 3 is 2.88 bits per heavy atom. The number of aromatic amines is 1. The molecule has 0 saturated heterocycles. The monoisotopic (exact) mass is 219 g/mol. The lowest BCUT2D eigenvalue weighted by Gasteiger charge is -2.07. The van der Waals surface area contributed by atoms with Crippen LogP contribution in [0.5, 0.6) is 0 Å². The van der Waals surface area contributed by atoms with Gasteiger partial charge in [-0.3, -0.25) is 0 Å². The van der Waals surface area contributed by atoms with Crippen LogP contribution in [0.15, 0.2) is 24.4 Å². The van der Waals surface area contributed by atoms with Crippen LogP contribution >= 0.6 is 0 Å². The summed E-state index contributed by atoms with van der Waals surface area (Å²) in [6, 6.07) is 4.70. The van der Waals surface area contributed by atoms with Crippen molar-refractivity contribution in [2.75, 3.05) is 5.32 Å². The lowest BCUT2D eigenvalue weighted by molar-refractivity contribution is 0.627. The molecule has 1 aromatic carbocycles. The van der Waals surface area contributed by atoms with Gasteiger partial charge in [-0.15, -0.1) is 0 Å². The minimum Gasteiger partial charge on any atom is -0.378 e. The highest BCUT2D eigenvalue weighted by Crippen LogP contribution is 2.16. The molecule has 1 heterocycles. The van der Waals surface area contributed by atoms with E-state index < -0.39 is 0 Å². The predicted octanol–water partition coefficient (Wildman–Crippen LogP) is 2.78. The Labute approximate surface area is 93.7 Å². The van der Waals surface area contributed by atoms with Crippen LogP contribution in [0.3, 0.4) is 0 Å². The van der Waals surface area contributed by atoms with Crippen LogP contribution in [0.1, 0.15) is 17.1 Å². The molecule has 84 valence electrons. The summed E-state index contributed by atoms with van der Waals surface area (Å²) in [5.41, 5.74) is 2.84. The molecule has 2 rings (SSSR count). The fourth-order valence-corrected chi connectivity index (χ4v) is 1.52. The van der Waals surface area contributed by atoms with Crippen molar-refractivity contribution in [3.63, 3.8) is 0 Å². The SMILES string of the molecule is Cc1cnc(CNc2cc(F)ccc2C)[nH]1. The summed E-state index contributed by atoms with van der Waals surface area (Å²) in [6.45, 7) is 4.46. The number of benzene rings is 1. The second kappa shape index (κ2) is 4.35. The predicted molar refractivity (Wildman–Crippen MR) is 61.8 cm³/mol. The third-order valence-electron chi connectivity index (χ3n) is 2.40. The van der Waals surface area contributed by atoms with E-state index in [-0.39, 0.29) is 5.82 Å². The first-order valence-electron chi connectivity index (χ1n) is 5.15. The summed E-state index contributed by atoms with van der Waals surface area (Å²) in [5, 5.41) is 3.15. The van der Waals surface area contributed by atoms with Crippen LogP contribution in [0, 0.1) is 19.7 Å². The van der Waals surface area contributed by atoms with Crippen LogP contribution < -0.4 is 5.32 Å². The highest BCUT2D eigenvalue weighted by Gasteiger charge is 2.01. The number of nitrogens with one attached hydrogen (secondary N) is 2. The van der Waals surface area contributed by atoms with Crippen LogP contribution in [0.2, 0.25) is 0 Å². The second-order valence-electron chi connectivity index (χ2n) is 3.83. The van der Waals surface area contributed by atoms with E-state index in [1.165, 1.54) is 12.1 Å². The molecule has 2 N–H and O–H groups in total. The number of hydrogen-bond donors (Lipinski definition) is 2. The zero-order valence-electron chi connectivity index (χ0n) is 9.34. The summed E-state index contributed by atoms with van der Waals surface area (Å²) >= 11 is 0. The maximum atomic E-state index is 13.0. The van der Waals surface area contributed by atoms with Crippen LogP contribution in [-0.2, 0) is 6.54 Å². The maximum Gasteiger partial charge on any atom is 0.125 e. The smallest absolute Gasteiger partial charge is 0.125 e. The molecule has 3 nitrogen and oxygen atoms in total. The molecule has 0 aliphatic heterocycles. The molecule has 0 aliphatic carbocycles. The Hall–Kier alpha value is -1.84. The minimum atomic E-state index is -0.233. The van der Waals surface area contributed by atoms with Gasteiger partial charge in [0.1, 0.15) is 11.6 Å². The molecule has 2 aromatic rings. The summed E-state index contributed by atoms with van der Waals surface area (Å²) in [4.78, 5) is 7.28. The number of anilines is 1. The molecular formula is C12H14FN3. The van der Waals surface area contributed by atoms with E-state index in [0.29, 0.717) is 6.54 Å². The largest absolute Gasteiger partial charge is 0.378 e. The van der Waals surface area contributed by atoms with Crippen molar-refractivity contribution < 1.29 is 4.39 Å². The van der Waals surface area contributed by atoms with Crippen LogP contribution in [0.25, 0.3) is 0 Å². The van der Waals surface area contributed by atoms with Crippen molar-refractivity contribution in [2.45, 2.75) is 20.4 Å². The Bertz CT molecular complexity index is 491. The first-order chi connectivity index (χ1) is 7.65. The Balaban J connectivity index is 2.07. The fourth-order valence-electron chi connectivity index (χ4n) is 1.52. The van der Waals surface area contributed by atoms with Crippen molar-refractivity contribution >= 4 is 5.69 Å². The molecule has 0 aliphatic rings.